The molecule has 48 heavy (non-hydrogen) atoms. The quantitative estimate of drug-likeness (QED) is 0.135. The third kappa shape index (κ3) is 8.32. The number of halogens is 5. The van der Waals surface area contributed by atoms with E-state index in [0.717, 1.165) is 28.8 Å². The van der Waals surface area contributed by atoms with Crippen LogP contribution in [0.2, 0.25) is 5.02 Å². The number of benzene rings is 4. The molecule has 1 unspecified atom stereocenters. The van der Waals surface area contributed by atoms with Crippen LogP contribution in [0.15, 0.2) is 83.4 Å². The van der Waals surface area contributed by atoms with Crippen molar-refractivity contribution < 1.29 is 36.7 Å². The fourth-order valence-electron chi connectivity index (χ4n) is 4.97. The normalized spacial score (nSPS) is 12.3. The van der Waals surface area contributed by atoms with Crippen molar-refractivity contribution in [1.29, 1.82) is 0 Å². The van der Waals surface area contributed by atoms with Gasteiger partial charge in [0.25, 0.3) is 5.91 Å². The van der Waals surface area contributed by atoms with Crippen molar-refractivity contribution in [3.05, 3.63) is 118 Å². The summed E-state index contributed by atoms with van der Waals surface area (Å²) in [7, 11) is 0. The van der Waals surface area contributed by atoms with Gasteiger partial charge in [0.2, 0.25) is 5.89 Å². The molecule has 1 atom stereocenters. The molecule has 12 heteroatoms. The molecule has 0 radical (unpaired) electrons. The Balaban J connectivity index is 1.44. The maximum Gasteiger partial charge on any atom is 0.416 e. The number of alkyl halides is 3. The molecular weight excluding hydrogens is 650 g/mol. The zero-order chi connectivity index (χ0) is 34.6. The molecular formula is C36H32ClF4N3O4. The number of amides is 1. The van der Waals surface area contributed by atoms with E-state index in [1.165, 1.54) is 36.4 Å². The molecule has 0 aliphatic carbocycles. The molecule has 1 aromatic heterocycles. The molecule has 250 valence electrons. The van der Waals surface area contributed by atoms with Crippen molar-refractivity contribution in [2.45, 2.75) is 45.8 Å². The highest BCUT2D eigenvalue weighted by molar-refractivity contribution is 6.31. The van der Waals surface area contributed by atoms with Crippen LogP contribution in [0, 0.1) is 18.7 Å². The molecule has 0 saturated carbocycles. The van der Waals surface area contributed by atoms with Crippen molar-refractivity contribution in [2.24, 2.45) is 5.92 Å². The molecule has 0 saturated heterocycles. The van der Waals surface area contributed by atoms with Gasteiger partial charge < -0.3 is 19.7 Å². The lowest BCUT2D eigenvalue weighted by Crippen LogP contribution is -2.30. The number of nitrogens with one attached hydrogen (secondary N) is 1. The molecule has 0 aliphatic rings. The van der Waals surface area contributed by atoms with Crippen LogP contribution in [0.1, 0.15) is 59.5 Å². The lowest BCUT2D eigenvalue weighted by atomic mass is 9.98. The van der Waals surface area contributed by atoms with E-state index in [2.05, 4.69) is 15.5 Å². The number of aromatic nitrogens is 2. The largest absolute Gasteiger partial charge is 0.507 e. The second kappa shape index (κ2) is 14.5. The second-order valence-corrected chi connectivity index (χ2v) is 12.1. The summed E-state index contributed by atoms with van der Waals surface area (Å²) in [6, 6.07) is 18.1. The number of phenols is 1. The molecule has 1 heterocycles. The van der Waals surface area contributed by atoms with E-state index in [4.69, 9.17) is 20.9 Å². The molecule has 2 N–H and O–H groups in total. The highest BCUT2D eigenvalue weighted by Crippen LogP contribution is 2.38. The van der Waals surface area contributed by atoms with Crippen molar-refractivity contribution >= 4 is 17.5 Å². The summed E-state index contributed by atoms with van der Waals surface area (Å²) in [5, 5.41) is 17.7. The average Bonchev–Trinajstić information content (AvgIpc) is 3.48. The van der Waals surface area contributed by atoms with Crippen LogP contribution in [0.4, 0.5) is 17.6 Å². The molecule has 0 aliphatic heterocycles. The Morgan fingerprint density at radius 3 is 2.25 bits per heavy atom. The second-order valence-electron chi connectivity index (χ2n) is 11.7. The Hall–Kier alpha value is -4.90. The predicted molar refractivity (Wildman–Crippen MR) is 173 cm³/mol. The molecule has 5 rings (SSSR count). The number of carbonyl (C=O) groups excluding carboxylic acids is 1. The van der Waals surface area contributed by atoms with E-state index in [1.807, 2.05) is 38.1 Å². The molecule has 1 amide bonds. The zero-order valence-electron chi connectivity index (χ0n) is 26.2. The maximum absolute atomic E-state index is 13.7. The number of hydrogen-bond acceptors (Lipinski definition) is 6. The standard InChI is InChI=1S/C36H32ClF4N3O4/c1-20(2)14-15-47-33-19-32(45)28(18-27(33)24-8-11-26(12-9-24)36(39,40)41)34(46)43-31(35-42-21(3)44-48-35)16-22-4-6-23(7-5-22)25-10-13-30(38)29(37)17-25/h4-13,17-20,31,45H,14-16H2,1-3H3,(H,43,46). The fraction of sp³-hybridized carbons (Fsp3) is 0.250. The minimum absolute atomic E-state index is 0.00556. The number of hydrogen-bond donors (Lipinski definition) is 2. The van der Waals surface area contributed by atoms with E-state index in [-0.39, 0.29) is 34.4 Å². The van der Waals surface area contributed by atoms with Crippen LogP contribution in [0.5, 0.6) is 11.5 Å². The van der Waals surface area contributed by atoms with E-state index < -0.39 is 29.5 Å². The lowest BCUT2D eigenvalue weighted by Gasteiger charge is -2.19. The van der Waals surface area contributed by atoms with Gasteiger partial charge in [0.05, 0.1) is 22.8 Å². The lowest BCUT2D eigenvalue weighted by molar-refractivity contribution is -0.137. The number of phenolic OH excluding ortho intramolecular Hbond substituents is 1. The first-order valence-electron chi connectivity index (χ1n) is 15.1. The molecule has 5 aromatic rings. The zero-order valence-corrected chi connectivity index (χ0v) is 27.0. The van der Waals surface area contributed by atoms with Crippen molar-refractivity contribution in [3.8, 4) is 33.8 Å². The Morgan fingerprint density at radius 1 is 0.979 bits per heavy atom. The van der Waals surface area contributed by atoms with Crippen LogP contribution >= 0.6 is 11.6 Å². The number of ether oxygens (including phenoxy) is 1. The number of aryl methyl sites for hydroxylation is 1. The summed E-state index contributed by atoms with van der Waals surface area (Å²) in [6.07, 6.45) is -3.60. The van der Waals surface area contributed by atoms with E-state index in [0.29, 0.717) is 35.9 Å². The first-order chi connectivity index (χ1) is 22.8. The number of nitrogens with zero attached hydrogens (tertiary/aromatic N) is 2. The summed E-state index contributed by atoms with van der Waals surface area (Å²) in [5.74, 6) is -0.568. The molecule has 7 nitrogen and oxygen atoms in total. The van der Waals surface area contributed by atoms with Crippen LogP contribution in [-0.4, -0.2) is 27.8 Å². The third-order valence-corrected chi connectivity index (χ3v) is 7.90. The van der Waals surface area contributed by atoms with E-state index in [9.17, 15) is 27.5 Å². The first-order valence-corrected chi connectivity index (χ1v) is 15.5. The molecule has 0 bridgehead atoms. The van der Waals surface area contributed by atoms with Crippen LogP contribution in [0.25, 0.3) is 22.3 Å². The smallest absolute Gasteiger partial charge is 0.416 e. The summed E-state index contributed by atoms with van der Waals surface area (Å²) < 4.78 is 64.8. The topological polar surface area (TPSA) is 97.5 Å². The highest BCUT2D eigenvalue weighted by Gasteiger charge is 2.30. The van der Waals surface area contributed by atoms with Gasteiger partial charge in [-0.15, -0.1) is 0 Å². The number of rotatable bonds is 11. The Labute approximate surface area is 279 Å². The van der Waals surface area contributed by atoms with E-state index in [1.54, 1.807) is 13.0 Å². The van der Waals surface area contributed by atoms with Gasteiger partial charge in [0, 0.05) is 18.1 Å². The van der Waals surface area contributed by atoms with Gasteiger partial charge in [-0.3, -0.25) is 4.79 Å². The predicted octanol–water partition coefficient (Wildman–Crippen LogP) is 9.37. The highest BCUT2D eigenvalue weighted by atomic mass is 35.5. The van der Waals surface area contributed by atoms with Gasteiger partial charge in [-0.25, -0.2) is 4.39 Å². The fourth-order valence-corrected chi connectivity index (χ4v) is 5.16. The van der Waals surface area contributed by atoms with Gasteiger partial charge in [-0.05, 0) is 71.8 Å². The Bertz CT molecular complexity index is 1890. The Morgan fingerprint density at radius 2 is 1.65 bits per heavy atom. The third-order valence-electron chi connectivity index (χ3n) is 7.61. The molecule has 4 aromatic carbocycles. The van der Waals surface area contributed by atoms with Crippen LogP contribution < -0.4 is 10.1 Å². The van der Waals surface area contributed by atoms with Crippen molar-refractivity contribution in [1.82, 2.24) is 15.5 Å². The van der Waals surface area contributed by atoms with Gasteiger partial charge >= 0.3 is 6.18 Å². The van der Waals surface area contributed by atoms with Crippen LogP contribution in [0.3, 0.4) is 0 Å². The molecule has 0 fully saturated rings. The summed E-state index contributed by atoms with van der Waals surface area (Å²) >= 11 is 5.95. The summed E-state index contributed by atoms with van der Waals surface area (Å²) in [4.78, 5) is 18.0. The minimum Gasteiger partial charge on any atom is -0.507 e. The van der Waals surface area contributed by atoms with Gasteiger partial charge in [-0.1, -0.05) is 73.1 Å². The number of aromatic hydroxyl groups is 1. The average molecular weight is 682 g/mol. The van der Waals surface area contributed by atoms with Gasteiger partial charge in [0.15, 0.2) is 5.82 Å². The van der Waals surface area contributed by atoms with Crippen molar-refractivity contribution in [2.75, 3.05) is 6.61 Å². The van der Waals surface area contributed by atoms with Crippen molar-refractivity contribution in [3.63, 3.8) is 0 Å². The van der Waals surface area contributed by atoms with Gasteiger partial charge in [0.1, 0.15) is 23.4 Å². The Kier molecular flexibility index (Phi) is 10.4. The SMILES string of the molecule is Cc1noc(C(Cc2ccc(-c3ccc(F)c(Cl)c3)cc2)NC(=O)c2cc(-c3ccc(C(F)(F)F)cc3)c(OCCC(C)C)cc2O)n1. The monoisotopic (exact) mass is 681 g/mol. The molecule has 0 spiro atoms. The van der Waals surface area contributed by atoms with E-state index >= 15 is 0 Å². The minimum atomic E-state index is -4.52. The van der Waals surface area contributed by atoms with Crippen LogP contribution in [-0.2, 0) is 12.6 Å². The maximum atomic E-state index is 13.7. The first kappa shape index (κ1) is 34.4. The summed E-state index contributed by atoms with van der Waals surface area (Å²) in [6.45, 7) is 5.96. The summed E-state index contributed by atoms with van der Waals surface area (Å²) in [5.41, 5.74) is 2.05. The number of carbonyl (C=O) groups is 1. The van der Waals surface area contributed by atoms with Gasteiger partial charge in [-0.2, -0.15) is 18.2 Å².